The van der Waals surface area contributed by atoms with Crippen molar-refractivity contribution in [2.24, 2.45) is 0 Å². The lowest BCUT2D eigenvalue weighted by molar-refractivity contribution is 0.0841. The summed E-state index contributed by atoms with van der Waals surface area (Å²) >= 11 is 0. The molecule has 2 aromatic rings. The quantitative estimate of drug-likeness (QED) is 0.595. The number of aromatic nitrogens is 2. The number of ether oxygens (including phenoxy) is 1. The van der Waals surface area contributed by atoms with E-state index in [9.17, 15) is 9.90 Å². The smallest absolute Gasteiger partial charge is 0.253 e. The molecule has 0 aromatic carbocycles. The second-order valence-electron chi connectivity index (χ2n) is 5.43. The molecule has 7 nitrogen and oxygen atoms in total. The van der Waals surface area contributed by atoms with Crippen molar-refractivity contribution in [3.8, 4) is 17.0 Å². The van der Waals surface area contributed by atoms with Gasteiger partial charge in [0.2, 0.25) is 0 Å². The number of H-pyrrole nitrogens is 1. The maximum absolute atomic E-state index is 12.1. The summed E-state index contributed by atoms with van der Waals surface area (Å²) in [6, 6.07) is 3.45. The van der Waals surface area contributed by atoms with Crippen molar-refractivity contribution >= 4 is 5.91 Å². The zero-order valence-corrected chi connectivity index (χ0v) is 12.6. The van der Waals surface area contributed by atoms with Crippen LogP contribution in [0.15, 0.2) is 24.5 Å². The van der Waals surface area contributed by atoms with Crippen molar-refractivity contribution < 1.29 is 19.7 Å². The summed E-state index contributed by atoms with van der Waals surface area (Å²) in [5, 5.41) is 21.5. The Morgan fingerprint density at radius 3 is 3.00 bits per heavy atom. The third kappa shape index (κ3) is 3.20. The number of hydrogen-bond donors (Lipinski definition) is 4. The van der Waals surface area contributed by atoms with Crippen molar-refractivity contribution in [3.05, 3.63) is 35.8 Å². The van der Waals surface area contributed by atoms with Gasteiger partial charge in [0.05, 0.1) is 30.7 Å². The number of carbonyl (C=O) groups is 1. The second-order valence-corrected chi connectivity index (χ2v) is 5.43. The maximum Gasteiger partial charge on any atom is 0.253 e. The number of hydrogen-bond acceptors (Lipinski definition) is 5. The first kappa shape index (κ1) is 15.5. The lowest BCUT2D eigenvalue weighted by Crippen LogP contribution is -2.35. The van der Waals surface area contributed by atoms with Gasteiger partial charge in [-0.15, -0.1) is 0 Å². The lowest BCUT2D eigenvalue weighted by Gasteiger charge is -2.22. The van der Waals surface area contributed by atoms with Crippen LogP contribution in [0.25, 0.3) is 11.3 Å². The zero-order chi connectivity index (χ0) is 16.2. The first-order valence-corrected chi connectivity index (χ1v) is 7.53. The van der Waals surface area contributed by atoms with Crippen molar-refractivity contribution in [3.63, 3.8) is 0 Å². The molecule has 122 valence electrons. The minimum absolute atomic E-state index is 0.000617. The molecule has 0 saturated heterocycles. The number of aromatic hydroxyl groups is 1. The number of rotatable bonds is 6. The van der Waals surface area contributed by atoms with E-state index in [-0.39, 0.29) is 24.2 Å². The van der Waals surface area contributed by atoms with Gasteiger partial charge in [0.1, 0.15) is 5.75 Å². The van der Waals surface area contributed by atoms with Crippen LogP contribution >= 0.6 is 0 Å². The Bertz CT molecular complexity index is 698. The summed E-state index contributed by atoms with van der Waals surface area (Å²) in [6.07, 6.45) is 3.69. The summed E-state index contributed by atoms with van der Waals surface area (Å²) in [6.45, 7) is 1.36. The highest BCUT2D eigenvalue weighted by Gasteiger charge is 2.28. The monoisotopic (exact) mass is 317 g/mol. The topological polar surface area (TPSA) is 107 Å². The molecule has 23 heavy (non-hydrogen) atoms. The number of aliphatic hydroxyl groups is 1. The molecular formula is C16H19N3O4. The highest BCUT2D eigenvalue weighted by molar-refractivity contribution is 5.98. The lowest BCUT2D eigenvalue weighted by atomic mass is 9.95. The van der Waals surface area contributed by atoms with Crippen molar-refractivity contribution in [1.29, 1.82) is 0 Å². The van der Waals surface area contributed by atoms with Crippen molar-refractivity contribution in [2.75, 3.05) is 26.4 Å². The Kier molecular flexibility index (Phi) is 4.59. The Morgan fingerprint density at radius 1 is 1.35 bits per heavy atom. The van der Waals surface area contributed by atoms with E-state index >= 15 is 0 Å². The molecule has 0 spiro atoms. The van der Waals surface area contributed by atoms with Crippen LogP contribution in [0.2, 0.25) is 0 Å². The van der Waals surface area contributed by atoms with E-state index in [2.05, 4.69) is 15.3 Å². The molecule has 1 amide bonds. The van der Waals surface area contributed by atoms with Crippen molar-refractivity contribution in [1.82, 2.24) is 15.3 Å². The molecule has 0 bridgehead atoms. The number of aliphatic hydroxyl groups excluding tert-OH is 1. The standard InChI is InChI=1S/C16H19N3O4/c20-4-6-23-5-2-10-8-18-16(22)12-7-13(19-15(10)12)11-1-3-17-9-14(11)21/h1,3,7,9-10,19-21H,2,4-6,8H2,(H,18,22). The van der Waals surface area contributed by atoms with Crippen molar-refractivity contribution in [2.45, 2.75) is 12.3 Å². The number of aromatic amines is 1. The minimum Gasteiger partial charge on any atom is -0.506 e. The van der Waals surface area contributed by atoms with Crippen LogP contribution in [0.1, 0.15) is 28.4 Å². The molecule has 1 aliphatic heterocycles. The fourth-order valence-corrected chi connectivity index (χ4v) is 2.79. The number of nitrogens with zero attached hydrogens (tertiary/aromatic N) is 1. The first-order valence-electron chi connectivity index (χ1n) is 7.53. The van der Waals surface area contributed by atoms with E-state index in [1.807, 2.05) is 0 Å². The van der Waals surface area contributed by atoms with E-state index in [1.165, 1.54) is 6.20 Å². The molecule has 3 rings (SSSR count). The number of pyridine rings is 1. The zero-order valence-electron chi connectivity index (χ0n) is 12.6. The summed E-state index contributed by atoms with van der Waals surface area (Å²) < 4.78 is 5.31. The Labute approximate surface area is 133 Å². The SMILES string of the molecule is O=C1NCC(CCOCCO)c2[nH]c(-c3ccncc3O)cc21. The summed E-state index contributed by atoms with van der Waals surface area (Å²) in [4.78, 5) is 19.2. The van der Waals surface area contributed by atoms with Crippen LogP contribution < -0.4 is 5.32 Å². The normalized spacial score (nSPS) is 16.9. The summed E-state index contributed by atoms with van der Waals surface area (Å²) in [5.41, 5.74) is 2.74. The third-order valence-electron chi connectivity index (χ3n) is 3.95. The van der Waals surface area contributed by atoms with Crippen LogP contribution in [0.4, 0.5) is 0 Å². The molecule has 7 heteroatoms. The van der Waals surface area contributed by atoms with Gasteiger partial charge in [0, 0.05) is 36.5 Å². The van der Waals surface area contributed by atoms with Gasteiger partial charge in [-0.1, -0.05) is 0 Å². The van der Waals surface area contributed by atoms with Crippen LogP contribution in [-0.4, -0.2) is 52.5 Å². The van der Waals surface area contributed by atoms with Gasteiger partial charge in [0.25, 0.3) is 5.91 Å². The van der Waals surface area contributed by atoms with E-state index in [0.29, 0.717) is 36.6 Å². The molecule has 3 heterocycles. The van der Waals surface area contributed by atoms with Crippen LogP contribution in [0.5, 0.6) is 5.75 Å². The molecule has 2 aromatic heterocycles. The predicted molar refractivity (Wildman–Crippen MR) is 83.3 cm³/mol. The van der Waals surface area contributed by atoms with Gasteiger partial charge in [0.15, 0.2) is 0 Å². The summed E-state index contributed by atoms with van der Waals surface area (Å²) in [7, 11) is 0. The molecule has 0 radical (unpaired) electrons. The maximum atomic E-state index is 12.1. The van der Waals surface area contributed by atoms with Gasteiger partial charge < -0.3 is 25.3 Å². The highest BCUT2D eigenvalue weighted by atomic mass is 16.5. The van der Waals surface area contributed by atoms with Crippen LogP contribution in [0, 0.1) is 0 Å². The van der Waals surface area contributed by atoms with Gasteiger partial charge in [-0.25, -0.2) is 0 Å². The second kappa shape index (κ2) is 6.80. The average Bonchev–Trinajstić information content (AvgIpc) is 3.00. The molecular weight excluding hydrogens is 298 g/mol. The number of amides is 1. The average molecular weight is 317 g/mol. The molecule has 4 N–H and O–H groups in total. The van der Waals surface area contributed by atoms with Crippen LogP contribution in [-0.2, 0) is 4.74 Å². The fraction of sp³-hybridized carbons (Fsp3) is 0.375. The van der Waals surface area contributed by atoms with Gasteiger partial charge >= 0.3 is 0 Å². The molecule has 0 fully saturated rings. The fourth-order valence-electron chi connectivity index (χ4n) is 2.79. The Balaban J connectivity index is 1.85. The van der Waals surface area contributed by atoms with E-state index in [4.69, 9.17) is 9.84 Å². The van der Waals surface area contributed by atoms with E-state index in [1.54, 1.807) is 18.3 Å². The third-order valence-corrected chi connectivity index (χ3v) is 3.95. The summed E-state index contributed by atoms with van der Waals surface area (Å²) in [5.74, 6) is 0.0528. The highest BCUT2D eigenvalue weighted by Crippen LogP contribution is 2.33. The van der Waals surface area contributed by atoms with E-state index < -0.39 is 0 Å². The molecule has 0 saturated carbocycles. The Morgan fingerprint density at radius 2 is 2.22 bits per heavy atom. The van der Waals surface area contributed by atoms with Crippen LogP contribution in [0.3, 0.4) is 0 Å². The molecule has 1 atom stereocenters. The number of fused-ring (bicyclic) bond motifs is 1. The van der Waals surface area contributed by atoms with E-state index in [0.717, 1.165) is 12.1 Å². The minimum atomic E-state index is -0.122. The molecule has 1 unspecified atom stereocenters. The number of carbonyl (C=O) groups excluding carboxylic acids is 1. The molecule has 1 aliphatic rings. The molecule has 0 aliphatic carbocycles. The van der Waals surface area contributed by atoms with Gasteiger partial charge in [-0.2, -0.15) is 0 Å². The van der Waals surface area contributed by atoms with Gasteiger partial charge in [-0.05, 0) is 18.6 Å². The van der Waals surface area contributed by atoms with Gasteiger partial charge in [-0.3, -0.25) is 9.78 Å². The predicted octanol–water partition coefficient (Wildman–Crippen LogP) is 1.01. The number of nitrogens with one attached hydrogen (secondary N) is 2. The first-order chi connectivity index (χ1) is 11.2. The largest absolute Gasteiger partial charge is 0.506 e. The Hall–Kier alpha value is -2.38.